The minimum atomic E-state index is -0.180. The Morgan fingerprint density at radius 1 is 1.20 bits per heavy atom. The average molecular weight is 206 g/mol. The van der Waals surface area contributed by atoms with Crippen LogP contribution in [-0.2, 0) is 12.8 Å². The van der Waals surface area contributed by atoms with Crippen LogP contribution in [0.2, 0.25) is 0 Å². The summed E-state index contributed by atoms with van der Waals surface area (Å²) in [5.41, 5.74) is 2.88. The van der Waals surface area contributed by atoms with Gasteiger partial charge in [0, 0.05) is 6.42 Å². The Morgan fingerprint density at radius 2 is 2.00 bits per heavy atom. The average Bonchev–Trinajstić information content (AvgIpc) is 2.82. The van der Waals surface area contributed by atoms with Gasteiger partial charge in [0.25, 0.3) is 0 Å². The van der Waals surface area contributed by atoms with Crippen LogP contribution in [0, 0.1) is 0 Å². The van der Waals surface area contributed by atoms with E-state index < -0.39 is 0 Å². The van der Waals surface area contributed by atoms with E-state index in [4.69, 9.17) is 4.42 Å². The van der Waals surface area contributed by atoms with Crippen molar-refractivity contribution < 1.29 is 9.52 Å². The summed E-state index contributed by atoms with van der Waals surface area (Å²) in [6.07, 6.45) is 9.81. The van der Waals surface area contributed by atoms with E-state index in [0.717, 1.165) is 30.9 Å². The smallest absolute Gasteiger partial charge is 0.109 e. The first-order valence-electron chi connectivity index (χ1n) is 6.12. The van der Waals surface area contributed by atoms with Crippen molar-refractivity contribution in [3.05, 3.63) is 23.2 Å². The molecule has 0 aromatic carbocycles. The summed E-state index contributed by atoms with van der Waals surface area (Å²) in [5.74, 6) is 1.79. The highest BCUT2D eigenvalue weighted by Gasteiger charge is 2.27. The maximum Gasteiger partial charge on any atom is 0.109 e. The molecule has 1 heterocycles. The molecule has 0 spiro atoms. The van der Waals surface area contributed by atoms with Crippen molar-refractivity contribution in [1.82, 2.24) is 0 Å². The molecule has 2 heteroatoms. The van der Waals surface area contributed by atoms with Crippen LogP contribution in [0.3, 0.4) is 0 Å². The van der Waals surface area contributed by atoms with Gasteiger partial charge in [0.1, 0.15) is 5.76 Å². The van der Waals surface area contributed by atoms with E-state index >= 15 is 0 Å². The minimum absolute atomic E-state index is 0.180. The second-order valence-corrected chi connectivity index (χ2v) is 4.97. The Balaban J connectivity index is 1.90. The number of aliphatic hydroxyl groups excluding tert-OH is 1. The molecule has 1 fully saturated rings. The van der Waals surface area contributed by atoms with E-state index in [2.05, 4.69) is 0 Å². The molecule has 0 radical (unpaired) electrons. The Bertz CT molecular complexity index is 347. The molecular weight excluding hydrogens is 188 g/mol. The first-order valence-corrected chi connectivity index (χ1v) is 6.12. The van der Waals surface area contributed by atoms with Gasteiger partial charge >= 0.3 is 0 Å². The van der Waals surface area contributed by atoms with Crippen LogP contribution in [0.5, 0.6) is 0 Å². The highest BCUT2D eigenvalue weighted by molar-refractivity contribution is 5.34. The van der Waals surface area contributed by atoms with E-state index in [1.54, 1.807) is 0 Å². The first-order chi connectivity index (χ1) is 7.34. The van der Waals surface area contributed by atoms with Gasteiger partial charge in [0.2, 0.25) is 0 Å². The largest absolute Gasteiger partial charge is 0.469 e. The minimum Gasteiger partial charge on any atom is -0.469 e. The molecule has 82 valence electrons. The van der Waals surface area contributed by atoms with Gasteiger partial charge in [-0.3, -0.25) is 0 Å². The molecule has 0 aliphatic heterocycles. The summed E-state index contributed by atoms with van der Waals surface area (Å²) in [6, 6.07) is 0. The molecule has 3 rings (SSSR count). The third-order valence-electron chi connectivity index (χ3n) is 3.96. The monoisotopic (exact) mass is 206 g/mol. The third-order valence-corrected chi connectivity index (χ3v) is 3.96. The van der Waals surface area contributed by atoms with Crippen LogP contribution in [-0.4, -0.2) is 11.2 Å². The summed E-state index contributed by atoms with van der Waals surface area (Å²) in [7, 11) is 0. The lowest BCUT2D eigenvalue weighted by Gasteiger charge is -2.18. The van der Waals surface area contributed by atoms with Gasteiger partial charge in [-0.2, -0.15) is 0 Å². The number of rotatable bonds is 1. The van der Waals surface area contributed by atoms with Crippen LogP contribution >= 0.6 is 0 Å². The van der Waals surface area contributed by atoms with E-state index in [9.17, 15) is 5.11 Å². The molecule has 0 bridgehead atoms. The van der Waals surface area contributed by atoms with Crippen LogP contribution in [0.1, 0.15) is 54.9 Å². The molecule has 1 aromatic heterocycles. The topological polar surface area (TPSA) is 33.4 Å². The van der Waals surface area contributed by atoms with Crippen LogP contribution in [0.15, 0.2) is 10.7 Å². The molecular formula is C13H18O2. The fourth-order valence-electron chi connectivity index (χ4n) is 3.10. The molecule has 2 aliphatic rings. The summed E-state index contributed by atoms with van der Waals surface area (Å²) in [6.45, 7) is 0. The van der Waals surface area contributed by atoms with Crippen molar-refractivity contribution >= 4 is 0 Å². The molecule has 1 aromatic rings. The van der Waals surface area contributed by atoms with Gasteiger partial charge in [-0.05, 0) is 42.7 Å². The normalized spacial score (nSPS) is 26.9. The highest BCUT2D eigenvalue weighted by Crippen LogP contribution is 2.39. The fourth-order valence-corrected chi connectivity index (χ4v) is 3.10. The number of hydrogen-bond acceptors (Lipinski definition) is 2. The van der Waals surface area contributed by atoms with Gasteiger partial charge < -0.3 is 9.52 Å². The van der Waals surface area contributed by atoms with Gasteiger partial charge in [0.15, 0.2) is 0 Å². The lowest BCUT2D eigenvalue weighted by molar-refractivity contribution is 0.150. The Morgan fingerprint density at radius 3 is 2.80 bits per heavy atom. The third kappa shape index (κ3) is 1.61. The summed E-state index contributed by atoms with van der Waals surface area (Å²) >= 11 is 0. The summed E-state index contributed by atoms with van der Waals surface area (Å²) < 4.78 is 5.61. The van der Waals surface area contributed by atoms with Crippen LogP contribution < -0.4 is 0 Å². The van der Waals surface area contributed by atoms with E-state index in [1.807, 2.05) is 6.26 Å². The SMILES string of the molecule is OC1CCc2c(C3CCCC3)coc2C1. The quantitative estimate of drug-likeness (QED) is 0.766. The molecule has 2 nitrogen and oxygen atoms in total. The van der Waals surface area contributed by atoms with Crippen LogP contribution in [0.25, 0.3) is 0 Å². The molecule has 1 atom stereocenters. The zero-order valence-corrected chi connectivity index (χ0v) is 9.04. The number of furan rings is 1. The molecule has 1 unspecified atom stereocenters. The van der Waals surface area contributed by atoms with Crippen molar-refractivity contribution in [2.75, 3.05) is 0 Å². The number of aliphatic hydroxyl groups is 1. The standard InChI is InChI=1S/C13H18O2/c14-10-5-6-11-12(8-15-13(11)7-10)9-3-1-2-4-9/h8-10,14H,1-7H2. The Labute approximate surface area is 90.3 Å². The van der Waals surface area contributed by atoms with Crippen molar-refractivity contribution in [2.24, 2.45) is 0 Å². The van der Waals surface area contributed by atoms with E-state index in [-0.39, 0.29) is 6.10 Å². The summed E-state index contributed by atoms with van der Waals surface area (Å²) in [4.78, 5) is 0. The zero-order chi connectivity index (χ0) is 10.3. The molecule has 0 saturated heterocycles. The predicted octanol–water partition coefficient (Wildman–Crippen LogP) is 2.79. The Kier molecular flexibility index (Phi) is 2.32. The number of hydrogen-bond donors (Lipinski definition) is 1. The molecule has 1 N–H and O–H groups in total. The molecule has 1 saturated carbocycles. The molecule has 2 aliphatic carbocycles. The highest BCUT2D eigenvalue weighted by atomic mass is 16.3. The lowest BCUT2D eigenvalue weighted by atomic mass is 9.88. The maximum absolute atomic E-state index is 9.57. The Hall–Kier alpha value is -0.760. The molecule has 15 heavy (non-hydrogen) atoms. The van der Waals surface area contributed by atoms with E-state index in [1.165, 1.54) is 36.8 Å². The van der Waals surface area contributed by atoms with Crippen molar-refractivity contribution in [2.45, 2.75) is 57.0 Å². The van der Waals surface area contributed by atoms with Gasteiger partial charge in [-0.15, -0.1) is 0 Å². The van der Waals surface area contributed by atoms with Gasteiger partial charge in [-0.25, -0.2) is 0 Å². The lowest BCUT2D eigenvalue weighted by Crippen LogP contribution is -2.18. The zero-order valence-electron chi connectivity index (χ0n) is 9.04. The number of fused-ring (bicyclic) bond motifs is 1. The van der Waals surface area contributed by atoms with Gasteiger partial charge in [-0.1, -0.05) is 12.8 Å². The van der Waals surface area contributed by atoms with Crippen molar-refractivity contribution in [1.29, 1.82) is 0 Å². The second-order valence-electron chi connectivity index (χ2n) is 4.97. The maximum atomic E-state index is 9.57. The van der Waals surface area contributed by atoms with Gasteiger partial charge in [0.05, 0.1) is 12.4 Å². The van der Waals surface area contributed by atoms with Crippen molar-refractivity contribution in [3.63, 3.8) is 0 Å². The first kappa shape index (κ1) is 9.46. The fraction of sp³-hybridized carbons (Fsp3) is 0.692. The van der Waals surface area contributed by atoms with Crippen molar-refractivity contribution in [3.8, 4) is 0 Å². The predicted molar refractivity (Wildman–Crippen MR) is 57.9 cm³/mol. The second kappa shape index (κ2) is 3.67. The van der Waals surface area contributed by atoms with Crippen LogP contribution in [0.4, 0.5) is 0 Å². The van der Waals surface area contributed by atoms with E-state index in [0.29, 0.717) is 0 Å². The molecule has 0 amide bonds. The summed E-state index contributed by atoms with van der Waals surface area (Å²) in [5, 5.41) is 9.57.